The molecule has 0 aromatic heterocycles. The van der Waals surface area contributed by atoms with E-state index in [0.717, 1.165) is 18.4 Å². The van der Waals surface area contributed by atoms with Crippen molar-refractivity contribution in [1.29, 1.82) is 0 Å². The van der Waals surface area contributed by atoms with Crippen LogP contribution in [0.1, 0.15) is 52.5 Å². The Bertz CT molecular complexity index is 610. The van der Waals surface area contributed by atoms with Gasteiger partial charge in [0.2, 0.25) is 15.9 Å². The van der Waals surface area contributed by atoms with Crippen LogP contribution in [0.25, 0.3) is 0 Å². The number of benzene rings is 1. The fourth-order valence-electron chi connectivity index (χ4n) is 2.31. The molecule has 24 heavy (non-hydrogen) atoms. The van der Waals surface area contributed by atoms with Crippen molar-refractivity contribution in [3.05, 3.63) is 29.8 Å². The Balaban J connectivity index is 2.54. The third-order valence-electron chi connectivity index (χ3n) is 3.69. The Labute approximate surface area is 146 Å². The average molecular weight is 355 g/mol. The molecule has 5 nitrogen and oxygen atoms in total. The molecular weight excluding hydrogens is 324 g/mol. The van der Waals surface area contributed by atoms with Gasteiger partial charge in [0, 0.05) is 19.0 Å². The molecule has 0 aliphatic heterocycles. The van der Waals surface area contributed by atoms with Crippen LogP contribution >= 0.6 is 0 Å². The van der Waals surface area contributed by atoms with Gasteiger partial charge in [-0.25, -0.2) is 13.1 Å². The smallest absolute Gasteiger partial charge is 0.240 e. The van der Waals surface area contributed by atoms with Gasteiger partial charge in [0.25, 0.3) is 0 Å². The summed E-state index contributed by atoms with van der Waals surface area (Å²) >= 11 is 0. The normalized spacial score (nSPS) is 13.0. The molecule has 0 aliphatic carbocycles. The first-order valence-corrected chi connectivity index (χ1v) is 10.1. The van der Waals surface area contributed by atoms with E-state index in [1.807, 2.05) is 20.8 Å². The molecule has 0 saturated carbocycles. The van der Waals surface area contributed by atoms with E-state index in [2.05, 4.69) is 17.0 Å². The van der Waals surface area contributed by atoms with Gasteiger partial charge in [-0.3, -0.25) is 4.79 Å². The number of sulfonamides is 1. The fraction of sp³-hybridized carbons (Fsp3) is 0.611. The summed E-state index contributed by atoms with van der Waals surface area (Å²) in [6.45, 7) is 8.43. The lowest BCUT2D eigenvalue weighted by molar-refractivity contribution is -0.121. The molecule has 1 rings (SSSR count). The molecule has 0 bridgehead atoms. The molecule has 1 amide bonds. The molecule has 0 fully saturated rings. The summed E-state index contributed by atoms with van der Waals surface area (Å²) in [5.74, 6) is 0.291. The Morgan fingerprint density at radius 2 is 1.75 bits per heavy atom. The van der Waals surface area contributed by atoms with Crippen LogP contribution in [0.5, 0.6) is 0 Å². The molecule has 0 heterocycles. The summed E-state index contributed by atoms with van der Waals surface area (Å²) in [5.41, 5.74) is 0.955. The van der Waals surface area contributed by atoms with Crippen molar-refractivity contribution >= 4 is 15.9 Å². The Kier molecular flexibility index (Phi) is 8.42. The number of carbonyl (C=O) groups excluding carboxylic acids is 1. The summed E-state index contributed by atoms with van der Waals surface area (Å²) in [4.78, 5) is 12.1. The Hall–Kier alpha value is -1.40. The Morgan fingerprint density at radius 1 is 1.12 bits per heavy atom. The highest BCUT2D eigenvalue weighted by atomic mass is 32.2. The first kappa shape index (κ1) is 20.6. The third-order valence-corrected chi connectivity index (χ3v) is 5.12. The summed E-state index contributed by atoms with van der Waals surface area (Å²) in [6, 6.07) is 6.92. The van der Waals surface area contributed by atoms with Crippen LogP contribution in [0.3, 0.4) is 0 Å². The molecular formula is C18H30N2O3S. The topological polar surface area (TPSA) is 75.3 Å². The summed E-state index contributed by atoms with van der Waals surface area (Å²) in [6.07, 6.45) is 3.03. The van der Waals surface area contributed by atoms with E-state index in [0.29, 0.717) is 19.4 Å². The highest BCUT2D eigenvalue weighted by molar-refractivity contribution is 7.89. The van der Waals surface area contributed by atoms with Crippen LogP contribution in [-0.4, -0.2) is 26.9 Å². The van der Waals surface area contributed by atoms with Crippen LogP contribution < -0.4 is 10.0 Å². The standard InChI is InChI=1S/C18H30N2O3S/c1-5-6-15(4)20-18(21)12-9-16-7-10-17(11-8-16)24(22,23)19-13-14(2)3/h7-8,10-11,14-15,19H,5-6,9,12-13H2,1-4H3,(H,20,21)/t15-/m1/s1. The molecule has 0 radical (unpaired) electrons. The van der Waals surface area contributed by atoms with Crippen molar-refractivity contribution < 1.29 is 13.2 Å². The van der Waals surface area contributed by atoms with Gasteiger partial charge in [0.15, 0.2) is 0 Å². The molecule has 0 saturated heterocycles. The number of rotatable bonds is 10. The maximum Gasteiger partial charge on any atom is 0.240 e. The van der Waals surface area contributed by atoms with Crippen LogP contribution in [0, 0.1) is 5.92 Å². The van der Waals surface area contributed by atoms with Gasteiger partial charge in [-0.2, -0.15) is 0 Å². The summed E-state index contributed by atoms with van der Waals surface area (Å²) < 4.78 is 26.8. The lowest BCUT2D eigenvalue weighted by atomic mass is 10.1. The molecule has 6 heteroatoms. The zero-order valence-corrected chi connectivity index (χ0v) is 15.9. The minimum atomic E-state index is -3.45. The summed E-state index contributed by atoms with van der Waals surface area (Å²) in [5, 5.41) is 2.97. The second kappa shape index (κ2) is 9.79. The van der Waals surface area contributed by atoms with Crippen molar-refractivity contribution in [2.75, 3.05) is 6.54 Å². The zero-order chi connectivity index (χ0) is 18.2. The van der Waals surface area contributed by atoms with Gasteiger partial charge in [-0.05, 0) is 43.4 Å². The number of hydrogen-bond acceptors (Lipinski definition) is 3. The molecule has 0 spiro atoms. The molecule has 1 atom stereocenters. The second-order valence-electron chi connectivity index (χ2n) is 6.65. The van der Waals surface area contributed by atoms with E-state index in [1.165, 1.54) is 0 Å². The quantitative estimate of drug-likeness (QED) is 0.678. The predicted molar refractivity (Wildman–Crippen MR) is 97.3 cm³/mol. The van der Waals surface area contributed by atoms with E-state index in [-0.39, 0.29) is 22.8 Å². The van der Waals surface area contributed by atoms with E-state index in [9.17, 15) is 13.2 Å². The Morgan fingerprint density at radius 3 is 2.29 bits per heavy atom. The van der Waals surface area contributed by atoms with Gasteiger partial charge < -0.3 is 5.32 Å². The van der Waals surface area contributed by atoms with Crippen molar-refractivity contribution in [3.8, 4) is 0 Å². The number of amides is 1. The highest BCUT2D eigenvalue weighted by Crippen LogP contribution is 2.12. The molecule has 0 aliphatic rings. The lowest BCUT2D eigenvalue weighted by Crippen LogP contribution is -2.32. The predicted octanol–water partition coefficient (Wildman–Crippen LogP) is 2.86. The SMILES string of the molecule is CCC[C@@H](C)NC(=O)CCc1ccc(S(=O)(=O)NCC(C)C)cc1. The van der Waals surface area contributed by atoms with E-state index >= 15 is 0 Å². The van der Waals surface area contributed by atoms with Crippen molar-refractivity contribution in [2.45, 2.75) is 64.3 Å². The van der Waals surface area contributed by atoms with Gasteiger partial charge >= 0.3 is 0 Å². The van der Waals surface area contributed by atoms with Crippen molar-refractivity contribution in [2.24, 2.45) is 5.92 Å². The zero-order valence-electron chi connectivity index (χ0n) is 15.1. The number of aryl methyl sites for hydroxylation is 1. The van der Waals surface area contributed by atoms with E-state index < -0.39 is 10.0 Å². The first-order chi connectivity index (χ1) is 11.2. The molecule has 1 aromatic carbocycles. The number of carbonyl (C=O) groups is 1. The monoisotopic (exact) mass is 354 g/mol. The fourth-order valence-corrected chi connectivity index (χ4v) is 3.52. The highest BCUT2D eigenvalue weighted by Gasteiger charge is 2.14. The number of nitrogens with one attached hydrogen (secondary N) is 2. The van der Waals surface area contributed by atoms with Gasteiger partial charge in [0.1, 0.15) is 0 Å². The average Bonchev–Trinajstić information content (AvgIpc) is 2.52. The minimum absolute atomic E-state index is 0.0336. The molecule has 136 valence electrons. The summed E-state index contributed by atoms with van der Waals surface area (Å²) in [7, 11) is -3.45. The molecule has 2 N–H and O–H groups in total. The van der Waals surface area contributed by atoms with Crippen LogP contribution in [-0.2, 0) is 21.2 Å². The maximum atomic E-state index is 12.1. The molecule has 1 aromatic rings. The van der Waals surface area contributed by atoms with E-state index in [4.69, 9.17) is 0 Å². The molecule has 0 unspecified atom stereocenters. The van der Waals surface area contributed by atoms with Gasteiger partial charge in [-0.15, -0.1) is 0 Å². The largest absolute Gasteiger partial charge is 0.354 e. The van der Waals surface area contributed by atoms with Crippen molar-refractivity contribution in [3.63, 3.8) is 0 Å². The van der Waals surface area contributed by atoms with Gasteiger partial charge in [0.05, 0.1) is 4.90 Å². The maximum absolute atomic E-state index is 12.1. The van der Waals surface area contributed by atoms with E-state index in [1.54, 1.807) is 24.3 Å². The van der Waals surface area contributed by atoms with Crippen LogP contribution in [0.15, 0.2) is 29.2 Å². The minimum Gasteiger partial charge on any atom is -0.354 e. The van der Waals surface area contributed by atoms with Crippen LogP contribution in [0.2, 0.25) is 0 Å². The number of hydrogen-bond donors (Lipinski definition) is 2. The van der Waals surface area contributed by atoms with Crippen LogP contribution in [0.4, 0.5) is 0 Å². The first-order valence-electron chi connectivity index (χ1n) is 8.62. The third kappa shape index (κ3) is 7.45. The van der Waals surface area contributed by atoms with Crippen molar-refractivity contribution in [1.82, 2.24) is 10.0 Å². The second-order valence-corrected chi connectivity index (χ2v) is 8.41. The van der Waals surface area contributed by atoms with Gasteiger partial charge in [-0.1, -0.05) is 39.3 Å². The lowest BCUT2D eigenvalue weighted by Gasteiger charge is -2.12.